The number of benzene rings is 2. The number of methoxy groups -OCH3 is 1. The lowest BCUT2D eigenvalue weighted by Crippen LogP contribution is -2.19. The summed E-state index contributed by atoms with van der Waals surface area (Å²) < 4.78 is 5.28. The minimum atomic E-state index is 0.524. The predicted molar refractivity (Wildman–Crippen MR) is 84.3 cm³/mol. The second kappa shape index (κ2) is 7.11. The molecule has 1 atom stereocenters. The van der Waals surface area contributed by atoms with Crippen LogP contribution in [0.5, 0.6) is 5.75 Å². The zero-order valence-electron chi connectivity index (χ0n) is 12.5. The summed E-state index contributed by atoms with van der Waals surface area (Å²) in [5, 5.41) is 3.52. The van der Waals surface area contributed by atoms with E-state index in [2.05, 4.69) is 61.6 Å². The largest absolute Gasteiger partial charge is 0.496 e. The van der Waals surface area contributed by atoms with Crippen LogP contribution < -0.4 is 10.1 Å². The zero-order valence-corrected chi connectivity index (χ0v) is 12.5. The van der Waals surface area contributed by atoms with E-state index in [4.69, 9.17) is 4.74 Å². The van der Waals surface area contributed by atoms with Crippen LogP contribution in [-0.4, -0.2) is 13.7 Å². The van der Waals surface area contributed by atoms with Gasteiger partial charge in [0.1, 0.15) is 5.75 Å². The topological polar surface area (TPSA) is 21.3 Å². The van der Waals surface area contributed by atoms with Crippen molar-refractivity contribution in [2.24, 2.45) is 0 Å². The van der Waals surface area contributed by atoms with Gasteiger partial charge in [0.15, 0.2) is 0 Å². The maximum absolute atomic E-state index is 5.28. The Kier molecular flexibility index (Phi) is 5.19. The van der Waals surface area contributed by atoms with Crippen LogP contribution in [0.1, 0.15) is 29.5 Å². The molecule has 2 aromatic rings. The van der Waals surface area contributed by atoms with Gasteiger partial charge in [-0.3, -0.25) is 0 Å². The summed E-state index contributed by atoms with van der Waals surface area (Å²) in [6.45, 7) is 6.20. The molecule has 0 aliphatic heterocycles. The number of rotatable bonds is 6. The molecular formula is C18H23NO. The van der Waals surface area contributed by atoms with Gasteiger partial charge in [0.2, 0.25) is 0 Å². The third kappa shape index (κ3) is 3.84. The van der Waals surface area contributed by atoms with Gasteiger partial charge < -0.3 is 10.1 Å². The van der Waals surface area contributed by atoms with E-state index < -0.39 is 0 Å². The quantitative estimate of drug-likeness (QED) is 0.859. The third-order valence-corrected chi connectivity index (χ3v) is 3.61. The van der Waals surface area contributed by atoms with E-state index in [1.54, 1.807) is 7.11 Å². The van der Waals surface area contributed by atoms with Crippen molar-refractivity contribution in [2.45, 2.75) is 26.3 Å². The molecule has 0 bridgehead atoms. The van der Waals surface area contributed by atoms with Crippen molar-refractivity contribution in [1.29, 1.82) is 0 Å². The highest BCUT2D eigenvalue weighted by molar-refractivity contribution is 5.36. The number of hydrogen-bond acceptors (Lipinski definition) is 2. The van der Waals surface area contributed by atoms with Crippen LogP contribution >= 0.6 is 0 Å². The Morgan fingerprint density at radius 3 is 2.50 bits per heavy atom. The Morgan fingerprint density at radius 1 is 1.10 bits per heavy atom. The smallest absolute Gasteiger partial charge is 0.121 e. The highest BCUT2D eigenvalue weighted by atomic mass is 16.5. The molecule has 2 aromatic carbocycles. The number of hydrogen-bond donors (Lipinski definition) is 1. The summed E-state index contributed by atoms with van der Waals surface area (Å²) in [4.78, 5) is 0. The van der Waals surface area contributed by atoms with Gasteiger partial charge in [-0.05, 0) is 35.6 Å². The summed E-state index contributed by atoms with van der Waals surface area (Å²) in [5.74, 6) is 1.47. The van der Waals surface area contributed by atoms with Crippen LogP contribution in [0.25, 0.3) is 0 Å². The first-order valence-electron chi connectivity index (χ1n) is 7.10. The van der Waals surface area contributed by atoms with Crippen molar-refractivity contribution in [3.05, 3.63) is 65.2 Å². The van der Waals surface area contributed by atoms with Gasteiger partial charge in [-0.1, -0.05) is 49.4 Å². The fourth-order valence-electron chi connectivity index (χ4n) is 2.38. The fraction of sp³-hybridized carbons (Fsp3) is 0.333. The van der Waals surface area contributed by atoms with Crippen molar-refractivity contribution in [2.75, 3.05) is 13.7 Å². The highest BCUT2D eigenvalue weighted by Crippen LogP contribution is 2.18. The fourth-order valence-corrected chi connectivity index (χ4v) is 2.38. The first-order valence-corrected chi connectivity index (χ1v) is 7.10. The molecule has 0 aromatic heterocycles. The van der Waals surface area contributed by atoms with E-state index in [0.29, 0.717) is 5.92 Å². The maximum atomic E-state index is 5.28. The molecule has 2 heteroatoms. The van der Waals surface area contributed by atoms with Crippen LogP contribution in [0.4, 0.5) is 0 Å². The van der Waals surface area contributed by atoms with Gasteiger partial charge in [-0.25, -0.2) is 0 Å². The summed E-state index contributed by atoms with van der Waals surface area (Å²) in [6, 6.07) is 17.0. The molecule has 0 radical (unpaired) electrons. The highest BCUT2D eigenvalue weighted by Gasteiger charge is 2.05. The minimum Gasteiger partial charge on any atom is -0.496 e. The molecule has 1 N–H and O–H groups in total. The Bertz CT molecular complexity index is 536. The zero-order chi connectivity index (χ0) is 14.4. The van der Waals surface area contributed by atoms with Gasteiger partial charge in [0.25, 0.3) is 0 Å². The molecule has 0 saturated heterocycles. The van der Waals surface area contributed by atoms with Crippen LogP contribution in [0, 0.1) is 6.92 Å². The predicted octanol–water partition coefficient (Wildman–Crippen LogP) is 3.90. The van der Waals surface area contributed by atoms with Crippen molar-refractivity contribution in [1.82, 2.24) is 5.32 Å². The second-order valence-corrected chi connectivity index (χ2v) is 5.25. The average molecular weight is 269 g/mol. The molecule has 106 valence electrons. The van der Waals surface area contributed by atoms with E-state index in [9.17, 15) is 0 Å². The monoisotopic (exact) mass is 269 g/mol. The molecule has 0 spiro atoms. The average Bonchev–Trinajstić information content (AvgIpc) is 2.48. The van der Waals surface area contributed by atoms with Crippen LogP contribution in [-0.2, 0) is 6.54 Å². The van der Waals surface area contributed by atoms with Gasteiger partial charge in [-0.2, -0.15) is 0 Å². The standard InChI is InChI=1S/C18H23NO/c1-14-11-16(9-10-18(14)20-3)13-19-12-15(2)17-7-5-4-6-8-17/h4-11,15,19H,12-13H2,1-3H3. The first-order chi connectivity index (χ1) is 9.70. The number of nitrogens with one attached hydrogen (secondary N) is 1. The molecule has 1 unspecified atom stereocenters. The Balaban J connectivity index is 1.85. The molecule has 0 fully saturated rings. The van der Waals surface area contributed by atoms with Crippen LogP contribution in [0.15, 0.2) is 48.5 Å². The molecular weight excluding hydrogens is 246 g/mol. The van der Waals surface area contributed by atoms with E-state index in [-0.39, 0.29) is 0 Å². The van der Waals surface area contributed by atoms with Gasteiger partial charge >= 0.3 is 0 Å². The molecule has 0 amide bonds. The molecule has 0 saturated carbocycles. The first kappa shape index (κ1) is 14.6. The molecule has 2 rings (SSSR count). The van der Waals surface area contributed by atoms with Crippen LogP contribution in [0.2, 0.25) is 0 Å². The summed E-state index contributed by atoms with van der Waals surface area (Å²) in [7, 11) is 1.71. The Hall–Kier alpha value is -1.80. The Morgan fingerprint density at radius 2 is 1.85 bits per heavy atom. The normalized spacial score (nSPS) is 12.2. The summed E-state index contributed by atoms with van der Waals surface area (Å²) in [6.07, 6.45) is 0. The van der Waals surface area contributed by atoms with Crippen molar-refractivity contribution >= 4 is 0 Å². The van der Waals surface area contributed by atoms with Crippen molar-refractivity contribution in [3.8, 4) is 5.75 Å². The minimum absolute atomic E-state index is 0.524. The Labute approximate surface area is 121 Å². The van der Waals surface area contributed by atoms with E-state index in [0.717, 1.165) is 18.8 Å². The SMILES string of the molecule is COc1ccc(CNCC(C)c2ccccc2)cc1C. The molecule has 0 heterocycles. The van der Waals surface area contributed by atoms with Crippen molar-refractivity contribution in [3.63, 3.8) is 0 Å². The van der Waals surface area contributed by atoms with Gasteiger partial charge in [0.05, 0.1) is 7.11 Å². The van der Waals surface area contributed by atoms with Crippen LogP contribution in [0.3, 0.4) is 0 Å². The lowest BCUT2D eigenvalue weighted by atomic mass is 10.0. The number of aryl methyl sites for hydroxylation is 1. The van der Waals surface area contributed by atoms with Gasteiger partial charge in [0, 0.05) is 13.1 Å². The van der Waals surface area contributed by atoms with Crippen molar-refractivity contribution < 1.29 is 4.74 Å². The summed E-state index contributed by atoms with van der Waals surface area (Å²) >= 11 is 0. The summed E-state index contributed by atoms with van der Waals surface area (Å²) in [5.41, 5.74) is 3.86. The van der Waals surface area contributed by atoms with E-state index in [1.807, 2.05) is 6.07 Å². The second-order valence-electron chi connectivity index (χ2n) is 5.25. The molecule has 0 aliphatic carbocycles. The lowest BCUT2D eigenvalue weighted by molar-refractivity contribution is 0.411. The lowest BCUT2D eigenvalue weighted by Gasteiger charge is -2.13. The molecule has 0 aliphatic rings. The molecule has 20 heavy (non-hydrogen) atoms. The van der Waals surface area contributed by atoms with Gasteiger partial charge in [-0.15, -0.1) is 0 Å². The maximum Gasteiger partial charge on any atom is 0.121 e. The van der Waals surface area contributed by atoms with E-state index >= 15 is 0 Å². The number of ether oxygens (including phenoxy) is 1. The third-order valence-electron chi connectivity index (χ3n) is 3.61. The molecule has 2 nitrogen and oxygen atoms in total. The van der Waals surface area contributed by atoms with E-state index in [1.165, 1.54) is 16.7 Å².